The van der Waals surface area contributed by atoms with E-state index < -0.39 is 12.3 Å². The van der Waals surface area contributed by atoms with Gasteiger partial charge in [-0.1, -0.05) is 12.1 Å². The lowest BCUT2D eigenvalue weighted by atomic mass is 10.1. The van der Waals surface area contributed by atoms with Gasteiger partial charge < -0.3 is 15.4 Å². The molecule has 8 heteroatoms. The molecule has 0 aliphatic carbocycles. The van der Waals surface area contributed by atoms with Crippen LogP contribution in [0.1, 0.15) is 15.9 Å². The second kappa shape index (κ2) is 8.19. The molecule has 0 aliphatic rings. The summed E-state index contributed by atoms with van der Waals surface area (Å²) in [5.74, 6) is -1.04. The summed E-state index contributed by atoms with van der Waals surface area (Å²) in [4.78, 5) is 23.3. The van der Waals surface area contributed by atoms with Crippen LogP contribution in [0.4, 0.5) is 18.9 Å². The van der Waals surface area contributed by atoms with Crippen molar-refractivity contribution >= 4 is 23.6 Å². The summed E-state index contributed by atoms with van der Waals surface area (Å²) in [5.41, 5.74) is 1.53. The minimum atomic E-state index is -4.76. The van der Waals surface area contributed by atoms with E-state index in [0.29, 0.717) is 16.8 Å². The normalized spacial score (nSPS) is 11.2. The van der Waals surface area contributed by atoms with Gasteiger partial charge in [0.05, 0.1) is 0 Å². The highest BCUT2D eigenvalue weighted by atomic mass is 19.4. The molecule has 0 atom stereocenters. The molecule has 0 saturated heterocycles. The van der Waals surface area contributed by atoms with E-state index in [0.717, 1.165) is 12.1 Å². The van der Waals surface area contributed by atoms with Crippen molar-refractivity contribution in [1.29, 1.82) is 0 Å². The number of carbonyl (C=O) groups excluding carboxylic acids is 2. The summed E-state index contributed by atoms with van der Waals surface area (Å²) in [5, 5.41) is 5.02. The molecule has 2 rings (SSSR count). The summed E-state index contributed by atoms with van der Waals surface area (Å²) < 4.78 is 40.0. The van der Waals surface area contributed by atoms with Crippen LogP contribution in [-0.4, -0.2) is 25.2 Å². The van der Waals surface area contributed by atoms with Crippen LogP contribution in [0.2, 0.25) is 0 Å². The highest BCUT2D eigenvalue weighted by Gasteiger charge is 2.30. The molecule has 0 heterocycles. The second-order valence-electron chi connectivity index (χ2n) is 5.10. The van der Waals surface area contributed by atoms with Gasteiger partial charge in [-0.2, -0.15) is 0 Å². The fourth-order valence-corrected chi connectivity index (χ4v) is 1.99. The van der Waals surface area contributed by atoms with Crippen LogP contribution in [0.25, 0.3) is 6.08 Å². The number of nitrogens with one attached hydrogen (secondary N) is 2. The van der Waals surface area contributed by atoms with E-state index in [4.69, 9.17) is 0 Å². The van der Waals surface area contributed by atoms with Crippen molar-refractivity contribution in [3.8, 4) is 5.75 Å². The van der Waals surface area contributed by atoms with Crippen LogP contribution in [0.5, 0.6) is 5.75 Å². The fraction of sp³-hybridized carbons (Fsp3) is 0.111. The van der Waals surface area contributed by atoms with Gasteiger partial charge in [0.1, 0.15) is 5.75 Å². The predicted octanol–water partition coefficient (Wildman–Crippen LogP) is 3.60. The molecule has 0 fully saturated rings. The van der Waals surface area contributed by atoms with Crippen LogP contribution < -0.4 is 15.4 Å². The van der Waals surface area contributed by atoms with Crippen molar-refractivity contribution in [3.63, 3.8) is 0 Å². The molecule has 0 aromatic heterocycles. The number of rotatable bonds is 5. The van der Waals surface area contributed by atoms with E-state index in [1.54, 1.807) is 30.3 Å². The minimum absolute atomic E-state index is 0.212. The average Bonchev–Trinajstić information content (AvgIpc) is 2.60. The van der Waals surface area contributed by atoms with Crippen LogP contribution in [0, 0.1) is 0 Å². The van der Waals surface area contributed by atoms with E-state index in [1.807, 2.05) is 0 Å². The first-order valence-electron chi connectivity index (χ1n) is 7.44. The van der Waals surface area contributed by atoms with Crippen LogP contribution in [0.3, 0.4) is 0 Å². The molecular weight excluding hydrogens is 349 g/mol. The van der Waals surface area contributed by atoms with Gasteiger partial charge in [0.2, 0.25) is 5.91 Å². The third-order valence-electron chi connectivity index (χ3n) is 3.18. The Balaban J connectivity index is 1.93. The number of amides is 2. The van der Waals surface area contributed by atoms with Gasteiger partial charge in [-0.15, -0.1) is 13.2 Å². The van der Waals surface area contributed by atoms with Crippen molar-refractivity contribution < 1.29 is 27.5 Å². The number of benzene rings is 2. The van der Waals surface area contributed by atoms with Gasteiger partial charge in [0, 0.05) is 24.4 Å². The lowest BCUT2D eigenvalue weighted by Gasteiger charge is -2.09. The number of carbonyl (C=O) groups is 2. The summed E-state index contributed by atoms with van der Waals surface area (Å²) in [7, 11) is 1.53. The number of alkyl halides is 3. The maximum Gasteiger partial charge on any atom is 0.573 e. The molecule has 0 radical (unpaired) electrons. The van der Waals surface area contributed by atoms with Gasteiger partial charge in [-0.3, -0.25) is 9.59 Å². The molecule has 5 nitrogen and oxygen atoms in total. The number of hydrogen-bond acceptors (Lipinski definition) is 3. The molecule has 2 amide bonds. The third-order valence-corrected chi connectivity index (χ3v) is 3.18. The molecule has 2 aromatic rings. The van der Waals surface area contributed by atoms with E-state index in [2.05, 4.69) is 15.4 Å². The van der Waals surface area contributed by atoms with Gasteiger partial charge >= 0.3 is 6.36 Å². The lowest BCUT2D eigenvalue weighted by molar-refractivity contribution is -0.274. The monoisotopic (exact) mass is 364 g/mol. The van der Waals surface area contributed by atoms with E-state index in [-0.39, 0.29) is 11.7 Å². The largest absolute Gasteiger partial charge is 0.573 e. The van der Waals surface area contributed by atoms with Crippen LogP contribution in [-0.2, 0) is 4.79 Å². The second-order valence-corrected chi connectivity index (χ2v) is 5.10. The molecule has 0 spiro atoms. The maximum atomic E-state index is 12.1. The summed E-state index contributed by atoms with van der Waals surface area (Å²) in [6.07, 6.45) is -1.94. The summed E-state index contributed by atoms with van der Waals surface area (Å²) in [6, 6.07) is 11.4. The quantitative estimate of drug-likeness (QED) is 0.797. The third kappa shape index (κ3) is 5.97. The molecular formula is C18H15F3N2O3. The Hall–Kier alpha value is -3.29. The SMILES string of the molecule is CNC(=O)c1ccc(/C=C/C(=O)Nc2ccc(OC(F)(F)F)cc2)cc1. The van der Waals surface area contributed by atoms with Crippen molar-refractivity contribution in [2.45, 2.75) is 6.36 Å². The summed E-state index contributed by atoms with van der Waals surface area (Å²) >= 11 is 0. The summed E-state index contributed by atoms with van der Waals surface area (Å²) in [6.45, 7) is 0. The Morgan fingerprint density at radius 3 is 2.15 bits per heavy atom. The first-order valence-corrected chi connectivity index (χ1v) is 7.44. The van der Waals surface area contributed by atoms with Gasteiger partial charge in [-0.05, 0) is 48.0 Å². The Morgan fingerprint density at radius 2 is 1.62 bits per heavy atom. The number of ether oxygens (including phenoxy) is 1. The van der Waals surface area contributed by atoms with Gasteiger partial charge in [0.15, 0.2) is 0 Å². The highest BCUT2D eigenvalue weighted by molar-refractivity contribution is 6.02. The van der Waals surface area contributed by atoms with Crippen molar-refractivity contribution in [2.75, 3.05) is 12.4 Å². The minimum Gasteiger partial charge on any atom is -0.406 e. The standard InChI is InChI=1S/C18H15F3N2O3/c1-22-17(25)13-5-2-12(3-6-13)4-11-16(24)23-14-7-9-15(10-8-14)26-18(19,20)21/h2-11H,1H3,(H,22,25)(H,23,24)/b11-4+. The van der Waals surface area contributed by atoms with E-state index >= 15 is 0 Å². The molecule has 2 aromatic carbocycles. The number of anilines is 1. The average molecular weight is 364 g/mol. The molecule has 0 unspecified atom stereocenters. The van der Waals surface area contributed by atoms with Gasteiger partial charge in [-0.25, -0.2) is 0 Å². The van der Waals surface area contributed by atoms with Crippen molar-refractivity contribution in [3.05, 3.63) is 65.7 Å². The van der Waals surface area contributed by atoms with Crippen LogP contribution in [0.15, 0.2) is 54.6 Å². The van der Waals surface area contributed by atoms with Crippen molar-refractivity contribution in [2.24, 2.45) is 0 Å². The zero-order chi connectivity index (χ0) is 19.2. The Labute approximate surface area is 147 Å². The van der Waals surface area contributed by atoms with Crippen LogP contribution >= 0.6 is 0 Å². The zero-order valence-corrected chi connectivity index (χ0v) is 13.6. The Kier molecular flexibility index (Phi) is 6.00. The predicted molar refractivity (Wildman–Crippen MR) is 90.6 cm³/mol. The smallest absolute Gasteiger partial charge is 0.406 e. The van der Waals surface area contributed by atoms with E-state index in [1.165, 1.54) is 25.3 Å². The molecule has 136 valence electrons. The maximum absolute atomic E-state index is 12.1. The Bertz CT molecular complexity index is 798. The molecule has 0 saturated carbocycles. The topological polar surface area (TPSA) is 67.4 Å². The molecule has 26 heavy (non-hydrogen) atoms. The number of hydrogen-bond donors (Lipinski definition) is 2. The lowest BCUT2D eigenvalue weighted by Crippen LogP contribution is -2.17. The fourth-order valence-electron chi connectivity index (χ4n) is 1.99. The zero-order valence-electron chi connectivity index (χ0n) is 13.6. The van der Waals surface area contributed by atoms with E-state index in [9.17, 15) is 22.8 Å². The Morgan fingerprint density at radius 1 is 1.00 bits per heavy atom. The van der Waals surface area contributed by atoms with Crippen molar-refractivity contribution in [1.82, 2.24) is 5.32 Å². The molecule has 0 aliphatic heterocycles. The first-order chi connectivity index (χ1) is 12.3. The highest BCUT2D eigenvalue weighted by Crippen LogP contribution is 2.23. The number of halogens is 3. The molecule has 2 N–H and O–H groups in total. The molecule has 0 bridgehead atoms. The first kappa shape index (κ1) is 19.0. The van der Waals surface area contributed by atoms with Gasteiger partial charge in [0.25, 0.3) is 5.91 Å².